The topological polar surface area (TPSA) is 109 Å². The van der Waals surface area contributed by atoms with Gasteiger partial charge in [0.15, 0.2) is 0 Å². The van der Waals surface area contributed by atoms with Gasteiger partial charge < -0.3 is 10.5 Å². The Morgan fingerprint density at radius 2 is 2.21 bits per heavy atom. The van der Waals surface area contributed by atoms with E-state index in [9.17, 15) is 8.42 Å². The molecule has 0 bridgehead atoms. The van der Waals surface area contributed by atoms with Crippen LogP contribution in [-0.4, -0.2) is 42.0 Å². The Kier molecular flexibility index (Phi) is 4.35. The van der Waals surface area contributed by atoms with Crippen molar-refractivity contribution < 1.29 is 13.5 Å². The van der Waals surface area contributed by atoms with Gasteiger partial charge in [0, 0.05) is 18.8 Å². The average Bonchev–Trinajstić information content (AvgIpc) is 2.36. The number of hydrogen-bond donors (Lipinski definition) is 3. The van der Waals surface area contributed by atoms with Gasteiger partial charge in [-0.05, 0) is 25.0 Å². The minimum atomic E-state index is -3.61. The molecule has 0 spiro atoms. The van der Waals surface area contributed by atoms with Crippen molar-refractivity contribution >= 4 is 15.8 Å². The number of nitrogens with one attached hydrogen (secondary N) is 1. The van der Waals surface area contributed by atoms with Crippen molar-refractivity contribution in [2.24, 2.45) is 5.84 Å². The average molecular weight is 286 g/mol. The van der Waals surface area contributed by atoms with Crippen LogP contribution in [0.2, 0.25) is 0 Å². The van der Waals surface area contributed by atoms with Crippen molar-refractivity contribution in [1.82, 2.24) is 9.29 Å². The largest absolute Gasteiger partial charge is 0.395 e. The van der Waals surface area contributed by atoms with Gasteiger partial charge in [0.1, 0.15) is 10.7 Å². The van der Waals surface area contributed by atoms with E-state index in [0.29, 0.717) is 5.82 Å². The second-order valence-corrected chi connectivity index (χ2v) is 6.34. The molecule has 2 rings (SSSR count). The van der Waals surface area contributed by atoms with Crippen LogP contribution in [0.4, 0.5) is 5.82 Å². The lowest BCUT2D eigenvalue weighted by molar-refractivity contribution is 0.178. The molecular formula is C11H18N4O3S. The van der Waals surface area contributed by atoms with Crippen molar-refractivity contribution in [2.75, 3.05) is 18.6 Å². The molecule has 1 aromatic rings. The third-order valence-corrected chi connectivity index (χ3v) is 5.23. The van der Waals surface area contributed by atoms with Gasteiger partial charge in [-0.1, -0.05) is 6.42 Å². The van der Waals surface area contributed by atoms with Gasteiger partial charge in [-0.3, -0.25) is 0 Å². The Balaban J connectivity index is 2.26. The Morgan fingerprint density at radius 1 is 1.47 bits per heavy atom. The van der Waals surface area contributed by atoms with Crippen LogP contribution in [0.1, 0.15) is 19.3 Å². The predicted molar refractivity (Wildman–Crippen MR) is 70.7 cm³/mol. The summed E-state index contributed by atoms with van der Waals surface area (Å²) in [6.07, 6.45) is 3.98. The van der Waals surface area contributed by atoms with Crippen LogP contribution in [0.25, 0.3) is 0 Å². The molecule has 0 radical (unpaired) electrons. The molecular weight excluding hydrogens is 268 g/mol. The van der Waals surface area contributed by atoms with Gasteiger partial charge in [0.05, 0.1) is 6.61 Å². The van der Waals surface area contributed by atoms with E-state index in [4.69, 9.17) is 10.9 Å². The summed E-state index contributed by atoms with van der Waals surface area (Å²) in [5, 5.41) is 9.05. The van der Waals surface area contributed by atoms with E-state index in [1.54, 1.807) is 0 Å². The molecule has 4 N–H and O–H groups in total. The summed E-state index contributed by atoms with van der Waals surface area (Å²) in [7, 11) is -3.61. The van der Waals surface area contributed by atoms with Gasteiger partial charge in [0.25, 0.3) is 0 Å². The van der Waals surface area contributed by atoms with Gasteiger partial charge in [-0.2, -0.15) is 4.31 Å². The number of hydrazine groups is 1. The van der Waals surface area contributed by atoms with E-state index < -0.39 is 10.0 Å². The molecule has 106 valence electrons. The number of rotatable bonds is 6. The summed E-state index contributed by atoms with van der Waals surface area (Å²) in [5.41, 5.74) is 2.35. The van der Waals surface area contributed by atoms with E-state index >= 15 is 0 Å². The highest BCUT2D eigenvalue weighted by Crippen LogP contribution is 2.29. The van der Waals surface area contributed by atoms with E-state index in [1.807, 2.05) is 0 Å². The Morgan fingerprint density at radius 3 is 2.63 bits per heavy atom. The fraction of sp³-hybridized carbons (Fsp3) is 0.545. The first-order valence-electron chi connectivity index (χ1n) is 6.15. The van der Waals surface area contributed by atoms with Crippen molar-refractivity contribution in [3.63, 3.8) is 0 Å². The quantitative estimate of drug-likeness (QED) is 0.498. The number of hydrogen-bond acceptors (Lipinski definition) is 6. The van der Waals surface area contributed by atoms with E-state index in [2.05, 4.69) is 10.4 Å². The Bertz CT molecular complexity index is 513. The standard InChI is InChI=1S/C11H18N4O3S/c12-14-11-5-4-10(8-13-11)19(17,18)15(6-7-16)9-2-1-3-9/h4-5,8-9,16H,1-3,6-7,12H2,(H,13,14). The van der Waals surface area contributed by atoms with E-state index in [-0.39, 0.29) is 24.1 Å². The number of anilines is 1. The maximum absolute atomic E-state index is 12.5. The third-order valence-electron chi connectivity index (χ3n) is 3.29. The Labute approximate surface area is 112 Å². The van der Waals surface area contributed by atoms with Crippen LogP contribution < -0.4 is 11.3 Å². The maximum atomic E-state index is 12.5. The van der Waals surface area contributed by atoms with Crippen molar-refractivity contribution in [3.05, 3.63) is 18.3 Å². The zero-order valence-corrected chi connectivity index (χ0v) is 11.3. The van der Waals surface area contributed by atoms with Crippen molar-refractivity contribution in [2.45, 2.75) is 30.2 Å². The summed E-state index contributed by atoms with van der Waals surface area (Å²) in [6.45, 7) is -0.0739. The zero-order valence-electron chi connectivity index (χ0n) is 10.5. The van der Waals surface area contributed by atoms with Crippen LogP contribution in [0, 0.1) is 0 Å². The molecule has 8 heteroatoms. The molecule has 0 aliphatic heterocycles. The molecule has 19 heavy (non-hydrogen) atoms. The summed E-state index contributed by atoms with van der Waals surface area (Å²) in [4.78, 5) is 4.02. The number of nitrogens with zero attached hydrogens (tertiary/aromatic N) is 2. The Hall–Kier alpha value is -1.22. The molecule has 1 aromatic heterocycles. The highest BCUT2D eigenvalue weighted by Gasteiger charge is 2.34. The van der Waals surface area contributed by atoms with Crippen LogP contribution in [-0.2, 0) is 10.0 Å². The zero-order chi connectivity index (χ0) is 13.9. The highest BCUT2D eigenvalue weighted by molar-refractivity contribution is 7.89. The van der Waals surface area contributed by atoms with Gasteiger partial charge >= 0.3 is 0 Å². The number of nitrogens with two attached hydrogens (primary N) is 1. The second kappa shape index (κ2) is 5.83. The van der Waals surface area contributed by atoms with Crippen molar-refractivity contribution in [3.8, 4) is 0 Å². The second-order valence-electron chi connectivity index (χ2n) is 4.45. The number of aliphatic hydroxyl groups excluding tert-OH is 1. The molecule has 1 heterocycles. The van der Waals surface area contributed by atoms with Gasteiger partial charge in [-0.25, -0.2) is 19.2 Å². The van der Waals surface area contributed by atoms with Gasteiger partial charge in [-0.15, -0.1) is 0 Å². The fourth-order valence-corrected chi connectivity index (χ4v) is 3.65. The maximum Gasteiger partial charge on any atom is 0.244 e. The lowest BCUT2D eigenvalue weighted by atomic mass is 9.93. The number of pyridine rings is 1. The number of nitrogen functional groups attached to an aromatic ring is 1. The summed E-state index contributed by atoms with van der Waals surface area (Å²) in [6, 6.07) is 2.95. The molecule has 0 amide bonds. The first kappa shape index (κ1) is 14.2. The molecule has 7 nitrogen and oxygen atoms in total. The minimum absolute atomic E-state index is 0.00976. The van der Waals surface area contributed by atoms with Crippen LogP contribution in [0.3, 0.4) is 0 Å². The van der Waals surface area contributed by atoms with E-state index in [1.165, 1.54) is 22.6 Å². The summed E-state index contributed by atoms with van der Waals surface area (Å²) < 4.78 is 26.3. The molecule has 0 unspecified atom stereocenters. The van der Waals surface area contributed by atoms with Crippen LogP contribution in [0.15, 0.2) is 23.2 Å². The fourth-order valence-electron chi connectivity index (χ4n) is 2.03. The third kappa shape index (κ3) is 2.86. The lowest BCUT2D eigenvalue weighted by Crippen LogP contribution is -2.45. The number of aliphatic hydroxyl groups is 1. The first-order chi connectivity index (χ1) is 9.09. The highest BCUT2D eigenvalue weighted by atomic mass is 32.2. The monoisotopic (exact) mass is 286 g/mol. The number of aromatic nitrogens is 1. The lowest BCUT2D eigenvalue weighted by Gasteiger charge is -2.36. The smallest absolute Gasteiger partial charge is 0.244 e. The van der Waals surface area contributed by atoms with Crippen molar-refractivity contribution in [1.29, 1.82) is 0 Å². The summed E-state index contributed by atoms with van der Waals surface area (Å²) in [5.74, 6) is 5.59. The predicted octanol–water partition coefficient (Wildman–Crippen LogP) is -0.0973. The van der Waals surface area contributed by atoms with Crippen LogP contribution in [0.5, 0.6) is 0 Å². The van der Waals surface area contributed by atoms with E-state index in [0.717, 1.165) is 19.3 Å². The van der Waals surface area contributed by atoms with Crippen LogP contribution >= 0.6 is 0 Å². The molecule has 0 atom stereocenters. The SMILES string of the molecule is NNc1ccc(S(=O)(=O)N(CCO)C2CCC2)cn1. The number of sulfonamides is 1. The first-order valence-corrected chi connectivity index (χ1v) is 7.59. The normalized spacial score (nSPS) is 16.4. The minimum Gasteiger partial charge on any atom is -0.395 e. The molecule has 1 fully saturated rings. The molecule has 1 aliphatic rings. The summed E-state index contributed by atoms with van der Waals surface area (Å²) >= 11 is 0. The van der Waals surface area contributed by atoms with Gasteiger partial charge in [0.2, 0.25) is 10.0 Å². The molecule has 0 saturated heterocycles. The molecule has 0 aromatic carbocycles. The molecule has 1 aliphatic carbocycles. The molecule has 1 saturated carbocycles.